The zero-order valence-electron chi connectivity index (χ0n) is 15.2. The molecule has 4 rings (SSSR count). The Morgan fingerprint density at radius 2 is 1.67 bits per heavy atom. The van der Waals surface area contributed by atoms with Crippen LogP contribution >= 0.6 is 11.8 Å². The summed E-state index contributed by atoms with van der Waals surface area (Å²) in [6.07, 6.45) is 3.22. The van der Waals surface area contributed by atoms with E-state index in [0.29, 0.717) is 0 Å². The van der Waals surface area contributed by atoms with Crippen molar-refractivity contribution in [3.05, 3.63) is 101 Å². The van der Waals surface area contributed by atoms with Crippen LogP contribution in [-0.2, 0) is 12.2 Å². The van der Waals surface area contributed by atoms with Crippen LogP contribution in [0, 0.1) is 0 Å². The maximum absolute atomic E-state index is 13.0. The molecule has 1 aliphatic carbocycles. The lowest BCUT2D eigenvalue weighted by atomic mass is 9.87. The molecule has 0 spiro atoms. The standard InChI is InChI=1S/C24H23NOS/c26-24(25-22-15-8-12-19-11-4-5-13-20(19)22)21-14-6-7-16-23(21)27-17-18-9-2-1-3-10-18/h1-7,9-11,13-14,16,22H,8,12,15,17H2,(H,25,26)/t22-/m1/s1. The quantitative estimate of drug-likeness (QED) is 0.574. The van der Waals surface area contributed by atoms with Gasteiger partial charge in [-0.3, -0.25) is 4.79 Å². The molecule has 0 heterocycles. The van der Waals surface area contributed by atoms with E-state index in [1.54, 1.807) is 11.8 Å². The van der Waals surface area contributed by atoms with E-state index in [4.69, 9.17) is 0 Å². The zero-order valence-corrected chi connectivity index (χ0v) is 16.0. The predicted molar refractivity (Wildman–Crippen MR) is 112 cm³/mol. The molecule has 0 radical (unpaired) electrons. The second kappa shape index (κ2) is 8.45. The van der Waals surface area contributed by atoms with Crippen molar-refractivity contribution in [2.45, 2.75) is 36.0 Å². The lowest BCUT2D eigenvalue weighted by Gasteiger charge is -2.26. The minimum absolute atomic E-state index is 0.0212. The van der Waals surface area contributed by atoms with E-state index in [0.717, 1.165) is 35.5 Å². The van der Waals surface area contributed by atoms with Crippen LogP contribution in [0.25, 0.3) is 0 Å². The van der Waals surface area contributed by atoms with Gasteiger partial charge in [-0.15, -0.1) is 11.8 Å². The molecule has 2 nitrogen and oxygen atoms in total. The van der Waals surface area contributed by atoms with Gasteiger partial charge in [-0.05, 0) is 48.1 Å². The molecule has 1 atom stereocenters. The summed E-state index contributed by atoms with van der Waals surface area (Å²) in [7, 11) is 0. The summed E-state index contributed by atoms with van der Waals surface area (Å²) in [5.41, 5.74) is 4.66. The molecular weight excluding hydrogens is 350 g/mol. The van der Waals surface area contributed by atoms with Crippen molar-refractivity contribution >= 4 is 17.7 Å². The molecule has 1 aliphatic rings. The number of hydrogen-bond donors (Lipinski definition) is 1. The van der Waals surface area contributed by atoms with Gasteiger partial charge in [0, 0.05) is 10.6 Å². The van der Waals surface area contributed by atoms with E-state index in [1.807, 2.05) is 30.3 Å². The smallest absolute Gasteiger partial charge is 0.252 e. The number of carbonyl (C=O) groups excluding carboxylic acids is 1. The Kier molecular flexibility index (Phi) is 5.59. The second-order valence-corrected chi connectivity index (χ2v) is 7.90. The van der Waals surface area contributed by atoms with Crippen LogP contribution in [0.3, 0.4) is 0 Å². The van der Waals surface area contributed by atoms with Gasteiger partial charge in [0.2, 0.25) is 0 Å². The van der Waals surface area contributed by atoms with Gasteiger partial charge >= 0.3 is 0 Å². The highest BCUT2D eigenvalue weighted by Gasteiger charge is 2.22. The summed E-state index contributed by atoms with van der Waals surface area (Å²) >= 11 is 1.72. The zero-order chi connectivity index (χ0) is 18.5. The first-order valence-electron chi connectivity index (χ1n) is 9.46. The number of thioether (sulfide) groups is 1. The largest absolute Gasteiger partial charge is 0.345 e. The van der Waals surface area contributed by atoms with Crippen LogP contribution in [0.15, 0.2) is 83.8 Å². The van der Waals surface area contributed by atoms with Gasteiger partial charge in [0.15, 0.2) is 0 Å². The maximum Gasteiger partial charge on any atom is 0.252 e. The van der Waals surface area contributed by atoms with E-state index >= 15 is 0 Å². The van der Waals surface area contributed by atoms with E-state index in [1.165, 1.54) is 16.7 Å². The molecule has 3 heteroatoms. The normalized spacial score (nSPS) is 15.8. The fourth-order valence-corrected chi connectivity index (χ4v) is 4.66. The highest BCUT2D eigenvalue weighted by atomic mass is 32.2. The third kappa shape index (κ3) is 4.25. The van der Waals surface area contributed by atoms with E-state index < -0.39 is 0 Å². The number of benzene rings is 3. The van der Waals surface area contributed by atoms with Crippen LogP contribution in [0.5, 0.6) is 0 Å². The van der Waals surface area contributed by atoms with Crippen molar-refractivity contribution < 1.29 is 4.79 Å². The van der Waals surface area contributed by atoms with Crippen molar-refractivity contribution in [2.24, 2.45) is 0 Å². The van der Waals surface area contributed by atoms with Crippen molar-refractivity contribution in [3.8, 4) is 0 Å². The number of amides is 1. The monoisotopic (exact) mass is 373 g/mol. The van der Waals surface area contributed by atoms with Crippen LogP contribution in [-0.4, -0.2) is 5.91 Å². The van der Waals surface area contributed by atoms with Crippen LogP contribution in [0.2, 0.25) is 0 Å². The Bertz CT molecular complexity index is 922. The van der Waals surface area contributed by atoms with Gasteiger partial charge in [-0.25, -0.2) is 0 Å². The summed E-state index contributed by atoms with van der Waals surface area (Å²) in [5.74, 6) is 0.880. The highest BCUT2D eigenvalue weighted by Crippen LogP contribution is 2.31. The lowest BCUT2D eigenvalue weighted by Crippen LogP contribution is -2.31. The van der Waals surface area contributed by atoms with Crippen LogP contribution < -0.4 is 5.32 Å². The first kappa shape index (κ1) is 17.9. The van der Waals surface area contributed by atoms with Gasteiger partial charge < -0.3 is 5.32 Å². The van der Waals surface area contributed by atoms with Crippen molar-refractivity contribution in [2.75, 3.05) is 0 Å². The molecule has 0 fully saturated rings. The van der Waals surface area contributed by atoms with Crippen molar-refractivity contribution in [3.63, 3.8) is 0 Å². The Hall–Kier alpha value is -2.52. The third-order valence-electron chi connectivity index (χ3n) is 5.04. The Balaban J connectivity index is 1.50. The van der Waals surface area contributed by atoms with Gasteiger partial charge in [-0.1, -0.05) is 66.7 Å². The summed E-state index contributed by atoms with van der Waals surface area (Å²) in [6.45, 7) is 0. The average Bonchev–Trinajstić information content (AvgIpc) is 2.73. The first-order valence-corrected chi connectivity index (χ1v) is 10.4. The minimum atomic E-state index is 0.0212. The highest BCUT2D eigenvalue weighted by molar-refractivity contribution is 7.98. The molecule has 0 aliphatic heterocycles. The summed E-state index contributed by atoms with van der Waals surface area (Å²) in [4.78, 5) is 14.1. The Morgan fingerprint density at radius 1 is 0.926 bits per heavy atom. The van der Waals surface area contributed by atoms with E-state index in [2.05, 4.69) is 53.8 Å². The lowest BCUT2D eigenvalue weighted by molar-refractivity contribution is 0.0930. The predicted octanol–water partition coefficient (Wildman–Crippen LogP) is 5.79. The molecular formula is C24H23NOS. The molecule has 136 valence electrons. The Morgan fingerprint density at radius 3 is 2.56 bits per heavy atom. The molecule has 0 bridgehead atoms. The minimum Gasteiger partial charge on any atom is -0.345 e. The fourth-order valence-electron chi connectivity index (χ4n) is 3.66. The summed E-state index contributed by atoms with van der Waals surface area (Å²) < 4.78 is 0. The second-order valence-electron chi connectivity index (χ2n) is 6.89. The molecule has 0 unspecified atom stereocenters. The van der Waals surface area contributed by atoms with Crippen molar-refractivity contribution in [1.29, 1.82) is 0 Å². The number of fused-ring (bicyclic) bond motifs is 1. The number of rotatable bonds is 5. The number of nitrogens with one attached hydrogen (secondary N) is 1. The van der Waals surface area contributed by atoms with Gasteiger partial charge in [0.1, 0.15) is 0 Å². The molecule has 1 N–H and O–H groups in total. The average molecular weight is 374 g/mol. The topological polar surface area (TPSA) is 29.1 Å². The van der Waals surface area contributed by atoms with Gasteiger partial charge in [0.25, 0.3) is 5.91 Å². The summed E-state index contributed by atoms with van der Waals surface area (Å²) in [6, 6.07) is 26.9. The number of aryl methyl sites for hydroxylation is 1. The molecule has 0 aromatic heterocycles. The Labute approximate surface area is 165 Å². The number of carbonyl (C=O) groups is 1. The van der Waals surface area contributed by atoms with E-state index in [9.17, 15) is 4.79 Å². The van der Waals surface area contributed by atoms with Gasteiger partial charge in [0.05, 0.1) is 11.6 Å². The maximum atomic E-state index is 13.0. The molecule has 3 aromatic carbocycles. The van der Waals surface area contributed by atoms with Crippen molar-refractivity contribution in [1.82, 2.24) is 5.32 Å². The molecule has 1 amide bonds. The van der Waals surface area contributed by atoms with E-state index in [-0.39, 0.29) is 11.9 Å². The van der Waals surface area contributed by atoms with Crippen LogP contribution in [0.4, 0.5) is 0 Å². The number of hydrogen-bond acceptors (Lipinski definition) is 2. The SMILES string of the molecule is O=C(N[C@@H]1CCCc2ccccc21)c1ccccc1SCc1ccccc1. The third-order valence-corrected chi connectivity index (χ3v) is 6.19. The van der Waals surface area contributed by atoms with Crippen LogP contribution in [0.1, 0.15) is 45.9 Å². The first-order chi connectivity index (χ1) is 13.3. The molecule has 0 saturated heterocycles. The molecule has 27 heavy (non-hydrogen) atoms. The van der Waals surface area contributed by atoms with Gasteiger partial charge in [-0.2, -0.15) is 0 Å². The molecule has 3 aromatic rings. The fraction of sp³-hybridized carbons (Fsp3) is 0.208. The molecule has 0 saturated carbocycles. The summed E-state index contributed by atoms with van der Waals surface area (Å²) in [5, 5.41) is 3.28.